The Morgan fingerprint density at radius 1 is 1.15 bits per heavy atom. The highest BCUT2D eigenvalue weighted by molar-refractivity contribution is 5.76. The van der Waals surface area contributed by atoms with Gasteiger partial charge in [0, 0.05) is 12.5 Å². The van der Waals surface area contributed by atoms with Crippen LogP contribution in [0.4, 0.5) is 0 Å². The minimum absolute atomic E-state index is 0.244. The van der Waals surface area contributed by atoms with Crippen molar-refractivity contribution < 1.29 is 4.79 Å². The molecule has 1 saturated heterocycles. The Kier molecular flexibility index (Phi) is 8.20. The number of carbonyl (C=O) groups is 1. The first-order valence-electron chi connectivity index (χ1n) is 8.49. The predicted molar refractivity (Wildman–Crippen MR) is 85.7 cm³/mol. The van der Waals surface area contributed by atoms with Gasteiger partial charge >= 0.3 is 0 Å². The molecule has 3 heteroatoms. The molecule has 0 radical (unpaired) electrons. The Morgan fingerprint density at radius 3 is 2.40 bits per heavy atom. The molecular formula is C17H34N2O. The second-order valence-electron chi connectivity index (χ2n) is 7.06. The average molecular weight is 282 g/mol. The molecule has 0 aliphatic carbocycles. The normalized spacial score (nSPS) is 19.9. The van der Waals surface area contributed by atoms with Crippen LogP contribution in [0.3, 0.4) is 0 Å². The number of nitrogens with one attached hydrogen (secondary N) is 2. The quantitative estimate of drug-likeness (QED) is 0.717. The van der Waals surface area contributed by atoms with Gasteiger partial charge in [-0.15, -0.1) is 0 Å². The van der Waals surface area contributed by atoms with E-state index in [1.165, 1.54) is 25.7 Å². The number of carbonyl (C=O) groups excluding carboxylic acids is 1. The van der Waals surface area contributed by atoms with Crippen molar-refractivity contribution in [3.05, 3.63) is 0 Å². The molecule has 0 aromatic heterocycles. The summed E-state index contributed by atoms with van der Waals surface area (Å²) in [6, 6.07) is 0.321. The second kappa shape index (κ2) is 9.38. The molecule has 20 heavy (non-hydrogen) atoms. The highest BCUT2D eigenvalue weighted by Crippen LogP contribution is 2.24. The van der Waals surface area contributed by atoms with E-state index in [9.17, 15) is 4.79 Å². The molecule has 1 aliphatic rings. The SMILES string of the molecule is CC(C)CCCC(C)NC(=O)CC(C)C1CCNCC1. The Balaban J connectivity index is 2.17. The van der Waals surface area contributed by atoms with Gasteiger partial charge in [0.2, 0.25) is 5.91 Å². The highest BCUT2D eigenvalue weighted by atomic mass is 16.1. The van der Waals surface area contributed by atoms with Crippen LogP contribution in [0.15, 0.2) is 0 Å². The molecule has 1 amide bonds. The zero-order chi connectivity index (χ0) is 15.0. The van der Waals surface area contributed by atoms with E-state index in [1.54, 1.807) is 0 Å². The fourth-order valence-electron chi connectivity index (χ4n) is 3.11. The summed E-state index contributed by atoms with van der Waals surface area (Å²) in [4.78, 5) is 12.1. The van der Waals surface area contributed by atoms with Crippen molar-refractivity contribution in [3.8, 4) is 0 Å². The zero-order valence-electron chi connectivity index (χ0n) is 13.9. The van der Waals surface area contributed by atoms with Crippen LogP contribution >= 0.6 is 0 Å². The fraction of sp³-hybridized carbons (Fsp3) is 0.941. The molecule has 0 aromatic carbocycles. The zero-order valence-corrected chi connectivity index (χ0v) is 13.9. The van der Waals surface area contributed by atoms with Gasteiger partial charge in [-0.2, -0.15) is 0 Å². The number of hydrogen-bond acceptors (Lipinski definition) is 2. The van der Waals surface area contributed by atoms with Crippen molar-refractivity contribution in [1.29, 1.82) is 0 Å². The van der Waals surface area contributed by atoms with Gasteiger partial charge in [0.25, 0.3) is 0 Å². The molecule has 1 fully saturated rings. The molecule has 0 spiro atoms. The van der Waals surface area contributed by atoms with E-state index in [0.29, 0.717) is 18.4 Å². The van der Waals surface area contributed by atoms with E-state index in [4.69, 9.17) is 0 Å². The maximum atomic E-state index is 12.1. The lowest BCUT2D eigenvalue weighted by molar-refractivity contribution is -0.123. The molecule has 0 aromatic rings. The van der Waals surface area contributed by atoms with Crippen molar-refractivity contribution in [1.82, 2.24) is 10.6 Å². The van der Waals surface area contributed by atoms with E-state index < -0.39 is 0 Å². The van der Waals surface area contributed by atoms with Crippen molar-refractivity contribution in [3.63, 3.8) is 0 Å². The second-order valence-corrected chi connectivity index (χ2v) is 7.06. The molecule has 1 rings (SSSR count). The Bertz CT molecular complexity index is 272. The molecule has 0 saturated carbocycles. The number of rotatable bonds is 8. The van der Waals surface area contributed by atoms with Gasteiger partial charge in [-0.1, -0.05) is 33.6 Å². The third-order valence-electron chi connectivity index (χ3n) is 4.52. The van der Waals surface area contributed by atoms with Crippen LogP contribution < -0.4 is 10.6 Å². The summed E-state index contributed by atoms with van der Waals surface area (Å²) >= 11 is 0. The average Bonchev–Trinajstić information content (AvgIpc) is 2.38. The minimum Gasteiger partial charge on any atom is -0.354 e. The highest BCUT2D eigenvalue weighted by Gasteiger charge is 2.22. The van der Waals surface area contributed by atoms with E-state index in [-0.39, 0.29) is 5.91 Å². The fourth-order valence-corrected chi connectivity index (χ4v) is 3.11. The van der Waals surface area contributed by atoms with Crippen LogP contribution in [0.5, 0.6) is 0 Å². The van der Waals surface area contributed by atoms with Crippen LogP contribution in [0.1, 0.15) is 66.2 Å². The number of piperidine rings is 1. The van der Waals surface area contributed by atoms with Gasteiger partial charge in [0.05, 0.1) is 0 Å². The first-order valence-corrected chi connectivity index (χ1v) is 8.49. The third-order valence-corrected chi connectivity index (χ3v) is 4.52. The summed E-state index contributed by atoms with van der Waals surface area (Å²) in [5.41, 5.74) is 0. The lowest BCUT2D eigenvalue weighted by Gasteiger charge is -2.28. The minimum atomic E-state index is 0.244. The monoisotopic (exact) mass is 282 g/mol. The van der Waals surface area contributed by atoms with Crippen molar-refractivity contribution in [2.75, 3.05) is 13.1 Å². The van der Waals surface area contributed by atoms with Gasteiger partial charge in [-0.25, -0.2) is 0 Å². The van der Waals surface area contributed by atoms with Gasteiger partial charge in [-0.3, -0.25) is 4.79 Å². The Labute approximate surface area is 125 Å². The van der Waals surface area contributed by atoms with Crippen LogP contribution in [-0.2, 0) is 4.79 Å². The summed E-state index contributed by atoms with van der Waals surface area (Å²) in [7, 11) is 0. The van der Waals surface area contributed by atoms with Crippen molar-refractivity contribution in [2.24, 2.45) is 17.8 Å². The molecule has 2 unspecified atom stereocenters. The smallest absolute Gasteiger partial charge is 0.220 e. The summed E-state index contributed by atoms with van der Waals surface area (Å²) in [5.74, 6) is 2.24. The molecule has 0 bridgehead atoms. The predicted octanol–water partition coefficient (Wildman–Crippen LogP) is 3.34. The lowest BCUT2D eigenvalue weighted by atomic mass is 9.84. The molecule has 2 atom stereocenters. The van der Waals surface area contributed by atoms with Gasteiger partial charge in [0.15, 0.2) is 0 Å². The molecule has 1 heterocycles. The Morgan fingerprint density at radius 2 is 1.80 bits per heavy atom. The first kappa shape index (κ1) is 17.5. The topological polar surface area (TPSA) is 41.1 Å². The molecular weight excluding hydrogens is 248 g/mol. The van der Waals surface area contributed by atoms with E-state index in [0.717, 1.165) is 31.3 Å². The van der Waals surface area contributed by atoms with E-state index in [1.807, 2.05) is 0 Å². The van der Waals surface area contributed by atoms with Crippen LogP contribution in [0, 0.1) is 17.8 Å². The summed E-state index contributed by atoms with van der Waals surface area (Å²) in [6.07, 6.45) is 6.70. The van der Waals surface area contributed by atoms with E-state index in [2.05, 4.69) is 38.3 Å². The van der Waals surface area contributed by atoms with Crippen molar-refractivity contribution >= 4 is 5.91 Å². The van der Waals surface area contributed by atoms with E-state index >= 15 is 0 Å². The van der Waals surface area contributed by atoms with Crippen LogP contribution in [-0.4, -0.2) is 25.0 Å². The maximum Gasteiger partial charge on any atom is 0.220 e. The molecule has 2 N–H and O–H groups in total. The Hall–Kier alpha value is -0.570. The first-order chi connectivity index (χ1) is 9.49. The maximum absolute atomic E-state index is 12.1. The van der Waals surface area contributed by atoms with Gasteiger partial charge < -0.3 is 10.6 Å². The lowest BCUT2D eigenvalue weighted by Crippen LogP contribution is -2.36. The van der Waals surface area contributed by atoms with Crippen LogP contribution in [0.2, 0.25) is 0 Å². The molecule has 3 nitrogen and oxygen atoms in total. The summed E-state index contributed by atoms with van der Waals surface area (Å²) in [6.45, 7) is 11.1. The summed E-state index contributed by atoms with van der Waals surface area (Å²) in [5, 5.41) is 6.56. The largest absolute Gasteiger partial charge is 0.354 e. The summed E-state index contributed by atoms with van der Waals surface area (Å²) < 4.78 is 0. The van der Waals surface area contributed by atoms with Gasteiger partial charge in [0.1, 0.15) is 0 Å². The molecule has 118 valence electrons. The van der Waals surface area contributed by atoms with Crippen LogP contribution in [0.25, 0.3) is 0 Å². The number of hydrogen-bond donors (Lipinski definition) is 2. The van der Waals surface area contributed by atoms with Gasteiger partial charge in [-0.05, 0) is 57.0 Å². The number of amides is 1. The standard InChI is InChI=1S/C17H34N2O/c1-13(2)6-5-7-15(4)19-17(20)12-14(3)16-8-10-18-11-9-16/h13-16,18H,5-12H2,1-4H3,(H,19,20). The molecule has 1 aliphatic heterocycles. The third kappa shape index (κ3) is 7.28. The van der Waals surface area contributed by atoms with Crippen molar-refractivity contribution in [2.45, 2.75) is 72.3 Å².